The SMILES string of the molecule is COC(C)(C)CC(=O)Nc1cc(C(=O)O)ccn1. The van der Waals surface area contributed by atoms with Crippen LogP contribution >= 0.6 is 0 Å². The van der Waals surface area contributed by atoms with Gasteiger partial charge in [0.1, 0.15) is 5.82 Å². The number of carbonyl (C=O) groups is 2. The van der Waals surface area contributed by atoms with Crippen LogP contribution in [0.25, 0.3) is 0 Å². The van der Waals surface area contributed by atoms with Gasteiger partial charge in [-0.25, -0.2) is 9.78 Å². The molecule has 0 fully saturated rings. The molecule has 6 nitrogen and oxygen atoms in total. The molecular weight excluding hydrogens is 236 g/mol. The van der Waals surface area contributed by atoms with Gasteiger partial charge < -0.3 is 15.2 Å². The van der Waals surface area contributed by atoms with Gasteiger partial charge in [-0.1, -0.05) is 0 Å². The van der Waals surface area contributed by atoms with E-state index in [0.717, 1.165) is 0 Å². The lowest BCUT2D eigenvalue weighted by atomic mass is 10.1. The topological polar surface area (TPSA) is 88.5 Å². The maximum Gasteiger partial charge on any atom is 0.335 e. The molecule has 0 aliphatic carbocycles. The first kappa shape index (κ1) is 14.1. The zero-order chi connectivity index (χ0) is 13.8. The molecule has 0 aromatic carbocycles. The molecule has 0 radical (unpaired) electrons. The number of ether oxygens (including phenoxy) is 1. The molecule has 1 aromatic rings. The molecule has 1 heterocycles. The third kappa shape index (κ3) is 4.14. The number of methoxy groups -OCH3 is 1. The number of amides is 1. The highest BCUT2D eigenvalue weighted by Crippen LogP contribution is 2.14. The second-order valence-electron chi connectivity index (χ2n) is 4.42. The van der Waals surface area contributed by atoms with E-state index in [1.807, 2.05) is 0 Å². The van der Waals surface area contributed by atoms with Crippen LogP contribution < -0.4 is 5.32 Å². The fourth-order valence-corrected chi connectivity index (χ4v) is 1.28. The van der Waals surface area contributed by atoms with Crippen molar-refractivity contribution >= 4 is 17.7 Å². The molecule has 0 saturated heterocycles. The van der Waals surface area contributed by atoms with Gasteiger partial charge in [0.05, 0.1) is 17.6 Å². The Bertz CT molecular complexity index is 457. The average molecular weight is 252 g/mol. The number of pyridine rings is 1. The summed E-state index contributed by atoms with van der Waals surface area (Å²) in [7, 11) is 1.52. The van der Waals surface area contributed by atoms with Crippen molar-refractivity contribution in [3.05, 3.63) is 23.9 Å². The predicted octanol–water partition coefficient (Wildman–Crippen LogP) is 1.53. The summed E-state index contributed by atoms with van der Waals surface area (Å²) in [5, 5.41) is 11.3. The standard InChI is InChI=1S/C12H16N2O4/c1-12(2,18-3)7-10(15)14-9-6-8(11(16)17)4-5-13-9/h4-6H,7H2,1-3H3,(H,16,17)(H,13,14,15). The van der Waals surface area contributed by atoms with Crippen LogP contribution in [0.15, 0.2) is 18.3 Å². The molecule has 18 heavy (non-hydrogen) atoms. The molecule has 0 unspecified atom stereocenters. The van der Waals surface area contributed by atoms with E-state index in [-0.39, 0.29) is 23.7 Å². The van der Waals surface area contributed by atoms with Gasteiger partial charge in [0.25, 0.3) is 0 Å². The quantitative estimate of drug-likeness (QED) is 0.829. The summed E-state index contributed by atoms with van der Waals surface area (Å²) in [6.07, 6.45) is 1.49. The summed E-state index contributed by atoms with van der Waals surface area (Å²) < 4.78 is 5.13. The minimum absolute atomic E-state index is 0.0753. The van der Waals surface area contributed by atoms with Crippen molar-refractivity contribution in [2.24, 2.45) is 0 Å². The molecule has 1 aromatic heterocycles. The Hall–Kier alpha value is -1.95. The second-order valence-corrected chi connectivity index (χ2v) is 4.42. The van der Waals surface area contributed by atoms with Crippen molar-refractivity contribution in [3.8, 4) is 0 Å². The van der Waals surface area contributed by atoms with Gasteiger partial charge in [0.2, 0.25) is 5.91 Å². The normalized spacial score (nSPS) is 11.1. The van der Waals surface area contributed by atoms with Gasteiger partial charge in [0, 0.05) is 13.3 Å². The number of carbonyl (C=O) groups excluding carboxylic acids is 1. The fourth-order valence-electron chi connectivity index (χ4n) is 1.28. The maximum absolute atomic E-state index is 11.7. The minimum Gasteiger partial charge on any atom is -0.478 e. The Morgan fingerprint density at radius 1 is 1.50 bits per heavy atom. The number of nitrogens with one attached hydrogen (secondary N) is 1. The molecule has 2 N–H and O–H groups in total. The average Bonchev–Trinajstić information content (AvgIpc) is 2.28. The van der Waals surface area contributed by atoms with Crippen molar-refractivity contribution in [2.45, 2.75) is 25.9 Å². The number of carboxylic acid groups (broad SMARTS) is 1. The Morgan fingerprint density at radius 3 is 2.72 bits per heavy atom. The number of nitrogens with zero attached hydrogens (tertiary/aromatic N) is 1. The molecular formula is C12H16N2O4. The molecule has 98 valence electrons. The number of anilines is 1. The van der Waals surface area contributed by atoms with Gasteiger partial charge in [0.15, 0.2) is 0 Å². The molecule has 0 aliphatic rings. The molecule has 0 spiro atoms. The number of hydrogen-bond acceptors (Lipinski definition) is 4. The zero-order valence-electron chi connectivity index (χ0n) is 10.6. The summed E-state index contributed by atoms with van der Waals surface area (Å²) in [5.74, 6) is -1.13. The first-order valence-corrected chi connectivity index (χ1v) is 5.38. The van der Waals surface area contributed by atoms with Gasteiger partial charge in [-0.05, 0) is 26.0 Å². The molecule has 0 aliphatic heterocycles. The Balaban J connectivity index is 2.70. The van der Waals surface area contributed by atoms with Crippen LogP contribution in [0.4, 0.5) is 5.82 Å². The highest BCUT2D eigenvalue weighted by Gasteiger charge is 2.21. The molecule has 1 rings (SSSR count). The van der Waals surface area contributed by atoms with Crippen molar-refractivity contribution < 1.29 is 19.4 Å². The lowest BCUT2D eigenvalue weighted by Crippen LogP contribution is -2.29. The molecule has 6 heteroatoms. The van der Waals surface area contributed by atoms with Crippen LogP contribution in [0.1, 0.15) is 30.6 Å². The monoisotopic (exact) mass is 252 g/mol. The maximum atomic E-state index is 11.7. The predicted molar refractivity (Wildman–Crippen MR) is 65.5 cm³/mol. The Labute approximate surface area is 105 Å². The summed E-state index contributed by atoms with van der Waals surface area (Å²) in [5.41, 5.74) is -0.500. The van der Waals surface area contributed by atoms with E-state index in [9.17, 15) is 9.59 Å². The zero-order valence-corrected chi connectivity index (χ0v) is 10.6. The van der Waals surface area contributed by atoms with Gasteiger partial charge >= 0.3 is 5.97 Å². The summed E-state index contributed by atoms with van der Waals surface area (Å²) in [4.78, 5) is 26.3. The molecule has 0 saturated carbocycles. The van der Waals surface area contributed by atoms with E-state index in [1.54, 1.807) is 13.8 Å². The number of aromatic nitrogens is 1. The molecule has 0 bridgehead atoms. The number of hydrogen-bond donors (Lipinski definition) is 2. The molecule has 0 atom stereocenters. The number of aromatic carboxylic acids is 1. The van der Waals surface area contributed by atoms with E-state index in [2.05, 4.69) is 10.3 Å². The van der Waals surface area contributed by atoms with E-state index < -0.39 is 11.6 Å². The van der Waals surface area contributed by atoms with Crippen LogP contribution in [-0.4, -0.2) is 34.7 Å². The minimum atomic E-state index is -1.06. The van der Waals surface area contributed by atoms with Gasteiger partial charge in [-0.3, -0.25) is 4.79 Å². The third-order valence-electron chi connectivity index (χ3n) is 2.41. The Morgan fingerprint density at radius 2 is 2.17 bits per heavy atom. The third-order valence-corrected chi connectivity index (χ3v) is 2.41. The van der Waals surface area contributed by atoms with E-state index in [0.29, 0.717) is 0 Å². The highest BCUT2D eigenvalue weighted by atomic mass is 16.5. The van der Waals surface area contributed by atoms with Crippen molar-refractivity contribution in [1.29, 1.82) is 0 Å². The van der Waals surface area contributed by atoms with Crippen molar-refractivity contribution in [3.63, 3.8) is 0 Å². The summed E-state index contributed by atoms with van der Waals surface area (Å²) in [6, 6.07) is 2.66. The first-order valence-electron chi connectivity index (χ1n) is 5.38. The summed E-state index contributed by atoms with van der Waals surface area (Å²) >= 11 is 0. The van der Waals surface area contributed by atoms with Crippen molar-refractivity contribution in [1.82, 2.24) is 4.98 Å². The second kappa shape index (κ2) is 5.59. The van der Waals surface area contributed by atoms with Crippen LogP contribution in [0.3, 0.4) is 0 Å². The van der Waals surface area contributed by atoms with E-state index >= 15 is 0 Å². The number of rotatable bonds is 5. The summed E-state index contributed by atoms with van der Waals surface area (Å²) in [6.45, 7) is 3.57. The Kier molecular flexibility index (Phi) is 4.38. The lowest BCUT2D eigenvalue weighted by molar-refractivity contribution is -0.121. The highest BCUT2D eigenvalue weighted by molar-refractivity contribution is 5.93. The largest absolute Gasteiger partial charge is 0.478 e. The number of carboxylic acids is 1. The van der Waals surface area contributed by atoms with Crippen LogP contribution in [0.5, 0.6) is 0 Å². The van der Waals surface area contributed by atoms with Crippen LogP contribution in [0.2, 0.25) is 0 Å². The van der Waals surface area contributed by atoms with Gasteiger partial charge in [-0.15, -0.1) is 0 Å². The van der Waals surface area contributed by atoms with E-state index in [4.69, 9.17) is 9.84 Å². The van der Waals surface area contributed by atoms with E-state index in [1.165, 1.54) is 25.4 Å². The fraction of sp³-hybridized carbons (Fsp3) is 0.417. The van der Waals surface area contributed by atoms with Gasteiger partial charge in [-0.2, -0.15) is 0 Å². The van der Waals surface area contributed by atoms with Crippen molar-refractivity contribution in [2.75, 3.05) is 12.4 Å². The van der Waals surface area contributed by atoms with Crippen LogP contribution in [-0.2, 0) is 9.53 Å². The van der Waals surface area contributed by atoms with Crippen LogP contribution in [0, 0.1) is 0 Å². The molecule has 1 amide bonds. The smallest absolute Gasteiger partial charge is 0.335 e. The lowest BCUT2D eigenvalue weighted by Gasteiger charge is -2.21. The first-order chi connectivity index (χ1) is 8.34.